The van der Waals surface area contributed by atoms with Gasteiger partial charge in [0.05, 0.1) is 25.2 Å². The summed E-state index contributed by atoms with van der Waals surface area (Å²) in [7, 11) is -0.697. The number of piperazine rings is 1. The molecule has 1 aromatic carbocycles. The van der Waals surface area contributed by atoms with Crippen LogP contribution in [-0.2, 0) is 10.0 Å². The summed E-state index contributed by atoms with van der Waals surface area (Å²) in [5.74, 6) is 0.901. The van der Waals surface area contributed by atoms with Gasteiger partial charge in [-0.3, -0.25) is 4.98 Å². The van der Waals surface area contributed by atoms with Gasteiger partial charge in [0.2, 0.25) is 10.0 Å². The molecule has 7 nitrogen and oxygen atoms in total. The number of aryl methyl sites for hydroxylation is 1. The molecule has 1 aliphatic rings. The molecular formula is C18H23N3O4S. The van der Waals surface area contributed by atoms with Crippen LogP contribution >= 0.6 is 0 Å². The first-order chi connectivity index (χ1) is 12.5. The molecule has 1 atom stereocenters. The molecule has 140 valence electrons. The summed E-state index contributed by atoms with van der Waals surface area (Å²) >= 11 is 0. The van der Waals surface area contributed by atoms with Crippen LogP contribution < -0.4 is 14.8 Å². The zero-order valence-corrected chi connectivity index (χ0v) is 15.9. The topological polar surface area (TPSA) is 80.8 Å². The molecule has 8 heteroatoms. The lowest BCUT2D eigenvalue weighted by Gasteiger charge is -2.35. The lowest BCUT2D eigenvalue weighted by Crippen LogP contribution is -2.48. The Hall–Kier alpha value is -2.16. The summed E-state index contributed by atoms with van der Waals surface area (Å²) in [5.41, 5.74) is 1.48. The summed E-state index contributed by atoms with van der Waals surface area (Å²) < 4.78 is 39.0. The van der Waals surface area contributed by atoms with Crippen LogP contribution in [0.3, 0.4) is 0 Å². The highest BCUT2D eigenvalue weighted by molar-refractivity contribution is 7.89. The third kappa shape index (κ3) is 3.40. The first-order valence-corrected chi connectivity index (χ1v) is 9.78. The van der Waals surface area contributed by atoms with Gasteiger partial charge in [0.25, 0.3) is 0 Å². The molecule has 0 saturated carbocycles. The van der Waals surface area contributed by atoms with E-state index in [1.54, 1.807) is 25.4 Å². The van der Waals surface area contributed by atoms with Crippen molar-refractivity contribution >= 4 is 10.0 Å². The molecule has 1 unspecified atom stereocenters. The maximum atomic E-state index is 13.4. The molecule has 1 aliphatic heterocycles. The van der Waals surface area contributed by atoms with Gasteiger partial charge in [-0.25, -0.2) is 8.42 Å². The first kappa shape index (κ1) is 18.6. The van der Waals surface area contributed by atoms with Crippen molar-refractivity contribution in [3.05, 3.63) is 47.8 Å². The quantitative estimate of drug-likeness (QED) is 0.855. The fourth-order valence-electron chi connectivity index (χ4n) is 3.20. The van der Waals surface area contributed by atoms with Crippen LogP contribution in [-0.4, -0.2) is 51.6 Å². The van der Waals surface area contributed by atoms with Gasteiger partial charge >= 0.3 is 0 Å². The minimum absolute atomic E-state index is 0.228. The molecule has 1 aromatic heterocycles. The van der Waals surface area contributed by atoms with E-state index in [-0.39, 0.29) is 10.9 Å². The number of methoxy groups -OCH3 is 2. The molecule has 0 aliphatic carbocycles. The fourth-order valence-corrected chi connectivity index (χ4v) is 5.03. The number of rotatable bonds is 5. The third-order valence-corrected chi connectivity index (χ3v) is 6.58. The van der Waals surface area contributed by atoms with Crippen LogP contribution in [0, 0.1) is 6.92 Å². The summed E-state index contributed by atoms with van der Waals surface area (Å²) in [5, 5.41) is 3.26. The van der Waals surface area contributed by atoms with E-state index in [2.05, 4.69) is 10.3 Å². The molecule has 1 saturated heterocycles. The number of ether oxygens (including phenoxy) is 2. The largest absolute Gasteiger partial charge is 0.493 e. The molecule has 0 amide bonds. The van der Waals surface area contributed by atoms with Gasteiger partial charge in [-0.2, -0.15) is 4.31 Å². The van der Waals surface area contributed by atoms with Gasteiger partial charge in [-0.05, 0) is 30.2 Å². The number of nitrogens with one attached hydrogen (secondary N) is 1. The van der Waals surface area contributed by atoms with Crippen molar-refractivity contribution in [2.24, 2.45) is 0 Å². The third-order valence-electron chi connectivity index (χ3n) is 4.53. The monoisotopic (exact) mass is 377 g/mol. The summed E-state index contributed by atoms with van der Waals surface area (Å²) in [4.78, 5) is 4.36. The van der Waals surface area contributed by atoms with E-state index in [1.165, 1.54) is 24.6 Å². The summed E-state index contributed by atoms with van der Waals surface area (Å²) in [6.07, 6.45) is 3.39. The van der Waals surface area contributed by atoms with Crippen LogP contribution in [0.2, 0.25) is 0 Å². The Morgan fingerprint density at radius 2 is 1.96 bits per heavy atom. The van der Waals surface area contributed by atoms with Crippen LogP contribution in [0.5, 0.6) is 11.5 Å². The summed E-state index contributed by atoms with van der Waals surface area (Å²) in [6.45, 7) is 3.28. The second-order valence-electron chi connectivity index (χ2n) is 6.09. The van der Waals surface area contributed by atoms with Crippen molar-refractivity contribution in [3.63, 3.8) is 0 Å². The number of hydrogen-bond donors (Lipinski definition) is 1. The molecule has 0 spiro atoms. The maximum absolute atomic E-state index is 13.4. The molecule has 2 heterocycles. The fraction of sp³-hybridized carbons (Fsp3) is 0.389. The Morgan fingerprint density at radius 3 is 2.62 bits per heavy atom. The zero-order chi connectivity index (χ0) is 18.7. The Bertz CT molecular complexity index is 872. The number of nitrogens with zero attached hydrogens (tertiary/aromatic N) is 2. The van der Waals surface area contributed by atoms with Crippen molar-refractivity contribution < 1.29 is 17.9 Å². The predicted molar refractivity (Wildman–Crippen MR) is 98.0 cm³/mol. The minimum atomic E-state index is -3.72. The Balaban J connectivity index is 2.06. The Kier molecular flexibility index (Phi) is 5.45. The van der Waals surface area contributed by atoms with E-state index in [9.17, 15) is 8.42 Å². The van der Waals surface area contributed by atoms with Crippen molar-refractivity contribution in [1.82, 2.24) is 14.6 Å². The lowest BCUT2D eigenvalue weighted by molar-refractivity contribution is 0.271. The number of aromatic nitrogens is 1. The predicted octanol–water partition coefficient (Wildman–Crippen LogP) is 1.74. The first-order valence-electron chi connectivity index (χ1n) is 8.34. The second kappa shape index (κ2) is 7.61. The van der Waals surface area contributed by atoms with E-state index in [4.69, 9.17) is 9.47 Å². The molecular weight excluding hydrogens is 354 g/mol. The summed E-state index contributed by atoms with van der Waals surface area (Å²) in [6, 6.07) is 6.62. The zero-order valence-electron chi connectivity index (χ0n) is 15.1. The van der Waals surface area contributed by atoms with E-state index in [1.807, 2.05) is 12.1 Å². The van der Waals surface area contributed by atoms with Crippen LogP contribution in [0.15, 0.2) is 41.6 Å². The van der Waals surface area contributed by atoms with Crippen LogP contribution in [0.1, 0.15) is 17.2 Å². The molecule has 0 bridgehead atoms. The highest BCUT2D eigenvalue weighted by Crippen LogP contribution is 2.36. The van der Waals surface area contributed by atoms with Gasteiger partial charge in [0, 0.05) is 38.1 Å². The van der Waals surface area contributed by atoms with E-state index >= 15 is 0 Å². The SMILES string of the molecule is COc1cc(C)c(S(=O)(=O)N2CCNCC2c2cccnc2)cc1OC. The second-order valence-corrected chi connectivity index (χ2v) is 7.95. The van der Waals surface area contributed by atoms with Gasteiger partial charge in [0.1, 0.15) is 0 Å². The van der Waals surface area contributed by atoms with Crippen molar-refractivity contribution in [2.75, 3.05) is 33.9 Å². The maximum Gasteiger partial charge on any atom is 0.244 e. The number of sulfonamides is 1. The van der Waals surface area contributed by atoms with Gasteiger partial charge in [-0.1, -0.05) is 6.07 Å². The average molecular weight is 377 g/mol. The Morgan fingerprint density at radius 1 is 1.23 bits per heavy atom. The van der Waals surface area contributed by atoms with E-state index in [0.717, 1.165) is 5.56 Å². The molecule has 26 heavy (non-hydrogen) atoms. The van der Waals surface area contributed by atoms with Crippen LogP contribution in [0.25, 0.3) is 0 Å². The van der Waals surface area contributed by atoms with Crippen molar-refractivity contribution in [2.45, 2.75) is 17.9 Å². The smallest absolute Gasteiger partial charge is 0.244 e. The van der Waals surface area contributed by atoms with Gasteiger partial charge in [-0.15, -0.1) is 0 Å². The molecule has 2 aromatic rings. The highest BCUT2D eigenvalue weighted by atomic mass is 32.2. The molecule has 0 radical (unpaired) electrons. The van der Waals surface area contributed by atoms with Crippen molar-refractivity contribution in [3.8, 4) is 11.5 Å². The highest BCUT2D eigenvalue weighted by Gasteiger charge is 2.36. The minimum Gasteiger partial charge on any atom is -0.493 e. The number of hydrogen-bond acceptors (Lipinski definition) is 6. The van der Waals surface area contributed by atoms with E-state index < -0.39 is 10.0 Å². The molecule has 1 fully saturated rings. The van der Waals surface area contributed by atoms with Crippen LogP contribution in [0.4, 0.5) is 0 Å². The Labute approximate surface area is 154 Å². The lowest BCUT2D eigenvalue weighted by atomic mass is 10.1. The van der Waals surface area contributed by atoms with E-state index in [0.29, 0.717) is 36.7 Å². The number of pyridine rings is 1. The normalized spacial score (nSPS) is 18.5. The standard InChI is InChI=1S/C18H23N3O4S/c1-13-9-16(24-2)17(25-3)10-18(13)26(22,23)21-8-7-20-12-15(21)14-5-4-6-19-11-14/h4-6,9-11,15,20H,7-8,12H2,1-3H3. The van der Waals surface area contributed by atoms with Gasteiger partial charge < -0.3 is 14.8 Å². The molecule has 3 rings (SSSR count). The van der Waals surface area contributed by atoms with Crippen molar-refractivity contribution in [1.29, 1.82) is 0 Å². The average Bonchev–Trinajstić information content (AvgIpc) is 2.68. The number of benzene rings is 1. The van der Waals surface area contributed by atoms with Gasteiger partial charge in [0.15, 0.2) is 11.5 Å². The molecule has 1 N–H and O–H groups in total.